The Bertz CT molecular complexity index is 781. The van der Waals surface area contributed by atoms with E-state index < -0.39 is 6.10 Å². The van der Waals surface area contributed by atoms with Crippen LogP contribution in [0.4, 0.5) is 0 Å². The van der Waals surface area contributed by atoms with E-state index in [2.05, 4.69) is 31.2 Å². The number of nitrogens with one attached hydrogen (secondary N) is 2. The number of nitrogens with zero attached hydrogens (tertiary/aromatic N) is 1. The number of hydrogen-bond donors (Lipinski definition) is 2. The number of halogens is 1. The maximum absolute atomic E-state index is 12.1. The first-order valence-corrected chi connectivity index (χ1v) is 8.04. The van der Waals surface area contributed by atoms with E-state index in [0.717, 1.165) is 21.3 Å². The summed E-state index contributed by atoms with van der Waals surface area (Å²) in [6.07, 6.45) is -0.583. The van der Waals surface area contributed by atoms with Crippen molar-refractivity contribution >= 4 is 32.9 Å². The van der Waals surface area contributed by atoms with Gasteiger partial charge in [0.2, 0.25) is 0 Å². The molecule has 118 valence electrons. The van der Waals surface area contributed by atoms with E-state index in [1.807, 2.05) is 48.5 Å². The number of H-pyrrole nitrogens is 1. The molecule has 0 fully saturated rings. The van der Waals surface area contributed by atoms with Crippen molar-refractivity contribution in [2.45, 2.75) is 19.6 Å². The third-order valence-corrected chi connectivity index (χ3v) is 3.89. The van der Waals surface area contributed by atoms with Crippen molar-refractivity contribution in [1.29, 1.82) is 0 Å². The Morgan fingerprint density at radius 2 is 2.00 bits per heavy atom. The number of benzene rings is 2. The largest absolute Gasteiger partial charge is 0.481 e. The zero-order valence-corrected chi connectivity index (χ0v) is 14.1. The molecular weight excluding hydrogens is 358 g/mol. The topological polar surface area (TPSA) is 67.0 Å². The minimum absolute atomic E-state index is 0.187. The lowest BCUT2D eigenvalue weighted by atomic mass is 10.3. The number of carbonyl (C=O) groups excluding carboxylic acids is 1. The summed E-state index contributed by atoms with van der Waals surface area (Å²) in [5, 5.41) is 2.82. The van der Waals surface area contributed by atoms with Crippen LogP contribution in [0.5, 0.6) is 5.75 Å². The monoisotopic (exact) mass is 373 g/mol. The zero-order valence-electron chi connectivity index (χ0n) is 12.5. The summed E-state index contributed by atoms with van der Waals surface area (Å²) in [7, 11) is 0. The number of carbonyl (C=O) groups is 1. The second-order valence-corrected chi connectivity index (χ2v) is 6.05. The molecule has 0 saturated heterocycles. The molecule has 0 aliphatic rings. The molecule has 3 aromatic rings. The number of aromatic nitrogens is 2. The maximum Gasteiger partial charge on any atom is 0.261 e. The zero-order chi connectivity index (χ0) is 16.2. The number of imidazole rings is 1. The van der Waals surface area contributed by atoms with Crippen LogP contribution in [0.2, 0.25) is 0 Å². The highest BCUT2D eigenvalue weighted by molar-refractivity contribution is 9.10. The highest BCUT2D eigenvalue weighted by Crippen LogP contribution is 2.17. The standard InChI is InChI=1S/C17H16BrN3O2/c1-11(23-13-8-6-12(18)7-9-13)17(22)19-10-16-20-14-4-2-3-5-15(14)21-16/h2-9,11H,10H2,1H3,(H,19,22)(H,20,21)/t11-/m1/s1. The fourth-order valence-corrected chi connectivity index (χ4v) is 2.44. The number of para-hydroxylation sites is 2. The molecule has 1 aromatic heterocycles. The predicted octanol–water partition coefficient (Wildman–Crippen LogP) is 3.41. The number of amides is 1. The molecule has 0 aliphatic heterocycles. The molecular formula is C17H16BrN3O2. The van der Waals surface area contributed by atoms with Crippen LogP contribution in [0.15, 0.2) is 53.0 Å². The average Bonchev–Trinajstić information content (AvgIpc) is 2.97. The van der Waals surface area contributed by atoms with E-state index in [-0.39, 0.29) is 5.91 Å². The Morgan fingerprint density at radius 3 is 2.74 bits per heavy atom. The molecule has 0 radical (unpaired) electrons. The molecule has 0 aliphatic carbocycles. The van der Waals surface area contributed by atoms with Crippen molar-refractivity contribution in [1.82, 2.24) is 15.3 Å². The molecule has 6 heteroatoms. The minimum atomic E-state index is -0.583. The molecule has 1 heterocycles. The van der Waals surface area contributed by atoms with Crippen molar-refractivity contribution in [2.75, 3.05) is 0 Å². The Kier molecular flexibility index (Phi) is 4.62. The molecule has 0 saturated carbocycles. The molecule has 2 N–H and O–H groups in total. The van der Waals surface area contributed by atoms with Crippen LogP contribution in [0.3, 0.4) is 0 Å². The first-order valence-electron chi connectivity index (χ1n) is 7.25. The second-order valence-electron chi connectivity index (χ2n) is 5.13. The van der Waals surface area contributed by atoms with Gasteiger partial charge in [0, 0.05) is 4.47 Å². The summed E-state index contributed by atoms with van der Waals surface area (Å²) in [4.78, 5) is 19.7. The Hall–Kier alpha value is -2.34. The van der Waals surface area contributed by atoms with Crippen molar-refractivity contribution in [2.24, 2.45) is 0 Å². The molecule has 1 amide bonds. The van der Waals surface area contributed by atoms with Crippen LogP contribution in [0.1, 0.15) is 12.7 Å². The van der Waals surface area contributed by atoms with Gasteiger partial charge in [0.15, 0.2) is 6.10 Å². The third kappa shape index (κ3) is 3.90. The lowest BCUT2D eigenvalue weighted by Gasteiger charge is -2.14. The molecule has 0 bridgehead atoms. The van der Waals surface area contributed by atoms with Gasteiger partial charge in [0.1, 0.15) is 11.6 Å². The van der Waals surface area contributed by atoms with Crippen LogP contribution in [-0.4, -0.2) is 22.0 Å². The van der Waals surface area contributed by atoms with Gasteiger partial charge in [-0.15, -0.1) is 0 Å². The van der Waals surface area contributed by atoms with Gasteiger partial charge >= 0.3 is 0 Å². The number of fused-ring (bicyclic) bond motifs is 1. The fraction of sp³-hybridized carbons (Fsp3) is 0.176. The van der Waals surface area contributed by atoms with Crippen molar-refractivity contribution in [3.8, 4) is 5.75 Å². The molecule has 0 spiro atoms. The summed E-state index contributed by atoms with van der Waals surface area (Å²) >= 11 is 3.36. The fourth-order valence-electron chi connectivity index (χ4n) is 2.17. The van der Waals surface area contributed by atoms with E-state index in [4.69, 9.17) is 4.74 Å². The quantitative estimate of drug-likeness (QED) is 0.719. The van der Waals surface area contributed by atoms with Gasteiger partial charge in [-0.25, -0.2) is 4.98 Å². The molecule has 1 atom stereocenters. The SMILES string of the molecule is C[C@@H](Oc1ccc(Br)cc1)C(=O)NCc1nc2ccccc2[nH]1. The molecule has 23 heavy (non-hydrogen) atoms. The number of aromatic amines is 1. The highest BCUT2D eigenvalue weighted by atomic mass is 79.9. The van der Waals surface area contributed by atoms with Crippen molar-refractivity contribution in [3.63, 3.8) is 0 Å². The summed E-state index contributed by atoms with van der Waals surface area (Å²) < 4.78 is 6.58. The average molecular weight is 374 g/mol. The Morgan fingerprint density at radius 1 is 1.26 bits per heavy atom. The van der Waals surface area contributed by atoms with Gasteiger partial charge in [-0.3, -0.25) is 4.79 Å². The lowest BCUT2D eigenvalue weighted by molar-refractivity contribution is -0.127. The molecule has 0 unspecified atom stereocenters. The van der Waals surface area contributed by atoms with Gasteiger partial charge in [0.25, 0.3) is 5.91 Å². The summed E-state index contributed by atoms with van der Waals surface area (Å²) in [5.41, 5.74) is 1.84. The Balaban J connectivity index is 1.56. The highest BCUT2D eigenvalue weighted by Gasteiger charge is 2.15. The summed E-state index contributed by atoms with van der Waals surface area (Å²) in [6, 6.07) is 15.1. The van der Waals surface area contributed by atoms with Crippen LogP contribution in [0, 0.1) is 0 Å². The van der Waals surface area contributed by atoms with Crippen molar-refractivity contribution < 1.29 is 9.53 Å². The molecule has 2 aromatic carbocycles. The molecule has 5 nitrogen and oxygen atoms in total. The number of ether oxygens (including phenoxy) is 1. The van der Waals surface area contributed by atoms with Crippen LogP contribution in [0.25, 0.3) is 11.0 Å². The van der Waals surface area contributed by atoms with E-state index >= 15 is 0 Å². The molecule has 3 rings (SSSR count). The maximum atomic E-state index is 12.1. The number of hydrogen-bond acceptors (Lipinski definition) is 3. The van der Waals surface area contributed by atoms with E-state index in [0.29, 0.717) is 12.3 Å². The summed E-state index contributed by atoms with van der Waals surface area (Å²) in [6.45, 7) is 2.05. The normalized spacial score (nSPS) is 12.1. The smallest absolute Gasteiger partial charge is 0.261 e. The van der Waals surface area contributed by atoms with Crippen molar-refractivity contribution in [3.05, 3.63) is 58.8 Å². The van der Waals surface area contributed by atoms with Crippen LogP contribution >= 0.6 is 15.9 Å². The summed E-state index contributed by atoms with van der Waals surface area (Å²) in [5.74, 6) is 1.18. The third-order valence-electron chi connectivity index (χ3n) is 3.36. The first kappa shape index (κ1) is 15.6. The lowest BCUT2D eigenvalue weighted by Crippen LogP contribution is -2.36. The van der Waals surface area contributed by atoms with Gasteiger partial charge in [-0.1, -0.05) is 28.1 Å². The minimum Gasteiger partial charge on any atom is -0.481 e. The van der Waals surface area contributed by atoms with Crippen LogP contribution in [-0.2, 0) is 11.3 Å². The Labute approximate surface area is 142 Å². The van der Waals surface area contributed by atoms with Gasteiger partial charge < -0.3 is 15.0 Å². The first-order chi connectivity index (χ1) is 11.1. The van der Waals surface area contributed by atoms with Gasteiger partial charge in [-0.2, -0.15) is 0 Å². The second kappa shape index (κ2) is 6.83. The van der Waals surface area contributed by atoms with Gasteiger partial charge in [-0.05, 0) is 43.3 Å². The van der Waals surface area contributed by atoms with Crippen LogP contribution < -0.4 is 10.1 Å². The van der Waals surface area contributed by atoms with E-state index in [1.165, 1.54) is 0 Å². The van der Waals surface area contributed by atoms with E-state index in [1.54, 1.807) is 6.92 Å². The predicted molar refractivity (Wildman–Crippen MR) is 92.2 cm³/mol. The van der Waals surface area contributed by atoms with Gasteiger partial charge in [0.05, 0.1) is 17.6 Å². The van der Waals surface area contributed by atoms with E-state index in [9.17, 15) is 4.79 Å². The number of rotatable bonds is 5.